The van der Waals surface area contributed by atoms with Crippen LogP contribution in [0, 0.1) is 6.92 Å². The van der Waals surface area contributed by atoms with Gasteiger partial charge in [0, 0.05) is 15.7 Å². The number of aryl methyl sites for hydroxylation is 1. The molecule has 0 aliphatic heterocycles. The third kappa shape index (κ3) is 2.74. The van der Waals surface area contributed by atoms with Crippen LogP contribution in [0.15, 0.2) is 36.4 Å². The van der Waals surface area contributed by atoms with Gasteiger partial charge in [-0.1, -0.05) is 12.1 Å². The number of methoxy groups -OCH3 is 1. The van der Waals surface area contributed by atoms with E-state index in [1.807, 2.05) is 31.2 Å². The maximum absolute atomic E-state index is 10.0. The average molecular weight is 262 g/mol. The van der Waals surface area contributed by atoms with Crippen molar-refractivity contribution in [1.29, 1.82) is 0 Å². The van der Waals surface area contributed by atoms with Crippen LogP contribution in [-0.2, 0) is 0 Å². The van der Waals surface area contributed by atoms with E-state index in [4.69, 9.17) is 4.74 Å². The summed E-state index contributed by atoms with van der Waals surface area (Å²) >= 11 is 1.74. The van der Waals surface area contributed by atoms with Crippen LogP contribution in [0.25, 0.3) is 0 Å². The van der Waals surface area contributed by atoms with Crippen LogP contribution in [0.4, 0.5) is 0 Å². The summed E-state index contributed by atoms with van der Waals surface area (Å²) in [5.41, 5.74) is 1.12. The molecule has 2 atom stereocenters. The lowest BCUT2D eigenvalue weighted by molar-refractivity contribution is 0.177. The van der Waals surface area contributed by atoms with Crippen LogP contribution in [0.5, 0.6) is 5.75 Å². The van der Waals surface area contributed by atoms with E-state index in [2.05, 4.69) is 19.1 Å². The molecule has 1 N–H and O–H groups in total. The number of hydrogen-bond acceptors (Lipinski definition) is 3. The molecular formula is C15H18O2S. The van der Waals surface area contributed by atoms with Gasteiger partial charge < -0.3 is 9.84 Å². The number of ether oxygens (including phenoxy) is 1. The summed E-state index contributed by atoms with van der Waals surface area (Å²) < 4.78 is 5.16. The Morgan fingerprint density at radius 3 is 2.22 bits per heavy atom. The summed E-state index contributed by atoms with van der Waals surface area (Å²) in [7, 11) is 1.66. The normalized spacial score (nSPS) is 14.2. The molecule has 0 saturated carbocycles. The standard InChI is InChI=1S/C15H18O2S/c1-10-4-9-14(18-10)15(11(2)16)12-5-7-13(17-3)8-6-12/h4-9,11,15-16H,1-3H3/t11-,15-/m1/s1. The maximum Gasteiger partial charge on any atom is 0.118 e. The van der Waals surface area contributed by atoms with Crippen molar-refractivity contribution in [2.75, 3.05) is 7.11 Å². The van der Waals surface area contributed by atoms with Crippen LogP contribution in [-0.4, -0.2) is 18.3 Å². The van der Waals surface area contributed by atoms with Gasteiger partial charge in [0.05, 0.1) is 13.2 Å². The van der Waals surface area contributed by atoms with E-state index in [0.717, 1.165) is 11.3 Å². The highest BCUT2D eigenvalue weighted by Gasteiger charge is 2.21. The average Bonchev–Trinajstić information content (AvgIpc) is 2.76. The fraction of sp³-hybridized carbons (Fsp3) is 0.333. The van der Waals surface area contributed by atoms with Gasteiger partial charge in [0.25, 0.3) is 0 Å². The van der Waals surface area contributed by atoms with Gasteiger partial charge in [-0.15, -0.1) is 11.3 Å². The van der Waals surface area contributed by atoms with E-state index < -0.39 is 6.10 Å². The molecule has 0 fully saturated rings. The zero-order valence-electron chi connectivity index (χ0n) is 10.9. The van der Waals surface area contributed by atoms with E-state index in [1.165, 1.54) is 9.75 Å². The topological polar surface area (TPSA) is 29.5 Å². The predicted molar refractivity (Wildman–Crippen MR) is 75.6 cm³/mol. The van der Waals surface area contributed by atoms with Crippen molar-refractivity contribution in [2.45, 2.75) is 25.9 Å². The third-order valence-corrected chi connectivity index (χ3v) is 4.11. The Morgan fingerprint density at radius 2 is 1.78 bits per heavy atom. The molecule has 0 amide bonds. The van der Waals surface area contributed by atoms with E-state index in [0.29, 0.717) is 0 Å². The Labute approximate surface area is 112 Å². The lowest BCUT2D eigenvalue weighted by Crippen LogP contribution is -2.14. The Bertz CT molecular complexity index is 499. The highest BCUT2D eigenvalue weighted by atomic mass is 32.1. The Hall–Kier alpha value is -1.32. The number of benzene rings is 1. The van der Waals surface area contributed by atoms with Crippen molar-refractivity contribution in [1.82, 2.24) is 0 Å². The van der Waals surface area contributed by atoms with Crippen molar-refractivity contribution in [3.8, 4) is 5.75 Å². The largest absolute Gasteiger partial charge is 0.497 e. The van der Waals surface area contributed by atoms with Gasteiger partial charge in [0.2, 0.25) is 0 Å². The van der Waals surface area contributed by atoms with Crippen molar-refractivity contribution in [2.24, 2.45) is 0 Å². The first-order valence-corrected chi connectivity index (χ1v) is 6.82. The van der Waals surface area contributed by atoms with E-state index in [1.54, 1.807) is 18.4 Å². The van der Waals surface area contributed by atoms with Crippen LogP contribution in [0.2, 0.25) is 0 Å². The van der Waals surface area contributed by atoms with Gasteiger partial charge in [-0.25, -0.2) is 0 Å². The van der Waals surface area contributed by atoms with Gasteiger partial charge >= 0.3 is 0 Å². The molecule has 18 heavy (non-hydrogen) atoms. The molecule has 2 nitrogen and oxygen atoms in total. The maximum atomic E-state index is 10.0. The molecular weight excluding hydrogens is 244 g/mol. The van der Waals surface area contributed by atoms with Gasteiger partial charge in [-0.3, -0.25) is 0 Å². The summed E-state index contributed by atoms with van der Waals surface area (Å²) in [6, 6.07) is 12.1. The quantitative estimate of drug-likeness (QED) is 0.912. The number of thiophene rings is 1. The van der Waals surface area contributed by atoms with Crippen LogP contribution in [0.3, 0.4) is 0 Å². The summed E-state index contributed by atoms with van der Waals surface area (Å²) in [4.78, 5) is 2.47. The molecule has 0 aliphatic rings. The number of hydrogen-bond donors (Lipinski definition) is 1. The Morgan fingerprint density at radius 1 is 1.11 bits per heavy atom. The third-order valence-electron chi connectivity index (χ3n) is 3.02. The zero-order valence-corrected chi connectivity index (χ0v) is 11.7. The molecule has 1 heterocycles. The fourth-order valence-electron chi connectivity index (χ4n) is 2.11. The van der Waals surface area contributed by atoms with Gasteiger partial charge in [-0.2, -0.15) is 0 Å². The molecule has 1 aromatic carbocycles. The molecule has 0 unspecified atom stereocenters. The number of rotatable bonds is 4. The van der Waals surface area contributed by atoms with E-state index in [-0.39, 0.29) is 5.92 Å². The Kier molecular flexibility index (Phi) is 4.04. The molecule has 0 aliphatic carbocycles. The second-order valence-electron chi connectivity index (χ2n) is 4.44. The summed E-state index contributed by atoms with van der Waals surface area (Å²) in [5, 5.41) is 10.0. The zero-order chi connectivity index (χ0) is 13.1. The highest BCUT2D eigenvalue weighted by molar-refractivity contribution is 7.12. The van der Waals surface area contributed by atoms with Crippen LogP contribution >= 0.6 is 11.3 Å². The van der Waals surface area contributed by atoms with Gasteiger partial charge in [0.1, 0.15) is 5.75 Å². The van der Waals surface area contributed by atoms with Gasteiger partial charge in [0.15, 0.2) is 0 Å². The van der Waals surface area contributed by atoms with Crippen molar-refractivity contribution in [3.05, 3.63) is 51.7 Å². The molecule has 2 aromatic rings. The first kappa shape index (κ1) is 13.1. The van der Waals surface area contributed by atoms with E-state index >= 15 is 0 Å². The van der Waals surface area contributed by atoms with Crippen molar-refractivity contribution >= 4 is 11.3 Å². The van der Waals surface area contributed by atoms with Crippen LogP contribution < -0.4 is 4.74 Å². The molecule has 0 spiro atoms. The summed E-state index contributed by atoms with van der Waals surface area (Å²) in [6.07, 6.45) is -0.406. The number of aliphatic hydroxyl groups excluding tert-OH is 1. The first-order chi connectivity index (χ1) is 8.61. The lowest BCUT2D eigenvalue weighted by Gasteiger charge is -2.19. The van der Waals surface area contributed by atoms with Crippen molar-refractivity contribution < 1.29 is 9.84 Å². The Balaban J connectivity index is 2.35. The summed E-state index contributed by atoms with van der Waals surface area (Å²) in [6.45, 7) is 3.92. The van der Waals surface area contributed by atoms with E-state index in [9.17, 15) is 5.11 Å². The smallest absolute Gasteiger partial charge is 0.118 e. The molecule has 2 rings (SSSR count). The lowest BCUT2D eigenvalue weighted by atomic mass is 9.93. The molecule has 96 valence electrons. The van der Waals surface area contributed by atoms with Crippen LogP contribution in [0.1, 0.15) is 28.2 Å². The molecule has 1 aromatic heterocycles. The molecule has 0 radical (unpaired) electrons. The fourth-order valence-corrected chi connectivity index (χ4v) is 3.22. The van der Waals surface area contributed by atoms with Gasteiger partial charge in [-0.05, 0) is 43.7 Å². The monoisotopic (exact) mass is 262 g/mol. The first-order valence-electron chi connectivity index (χ1n) is 6.00. The predicted octanol–water partition coefficient (Wildman–Crippen LogP) is 3.58. The second kappa shape index (κ2) is 5.55. The molecule has 3 heteroatoms. The highest BCUT2D eigenvalue weighted by Crippen LogP contribution is 2.33. The second-order valence-corrected chi connectivity index (χ2v) is 5.76. The van der Waals surface area contributed by atoms with Crippen molar-refractivity contribution in [3.63, 3.8) is 0 Å². The summed E-state index contributed by atoms with van der Waals surface area (Å²) in [5.74, 6) is 0.875. The molecule has 0 bridgehead atoms. The number of aliphatic hydroxyl groups is 1. The molecule has 0 saturated heterocycles. The minimum atomic E-state index is -0.406. The SMILES string of the molecule is COc1ccc([C@H](c2ccc(C)s2)[C@@H](C)O)cc1. The minimum absolute atomic E-state index is 0.0367. The minimum Gasteiger partial charge on any atom is -0.497 e.